The normalized spacial score (nSPS) is 18.4. The molecular weight excluding hydrogens is 280 g/mol. The summed E-state index contributed by atoms with van der Waals surface area (Å²) in [6.07, 6.45) is -0.571. The van der Waals surface area contributed by atoms with Crippen molar-refractivity contribution in [1.82, 2.24) is 9.88 Å². The second kappa shape index (κ2) is 6.55. The van der Waals surface area contributed by atoms with Crippen LogP contribution in [0.5, 0.6) is 0 Å². The van der Waals surface area contributed by atoms with Crippen LogP contribution in [0.25, 0.3) is 0 Å². The molecule has 1 N–H and O–H groups in total. The Kier molecular flexibility index (Phi) is 4.77. The second-order valence-corrected chi connectivity index (χ2v) is 4.72. The SMILES string of the molecule is CCNc1cc(C(=O)N2CCOC(C#N)C2)cc(Cl)n1. The van der Waals surface area contributed by atoms with Crippen molar-refractivity contribution in [3.63, 3.8) is 0 Å². The Morgan fingerprint density at radius 1 is 1.70 bits per heavy atom. The van der Waals surface area contributed by atoms with E-state index < -0.39 is 6.10 Å². The largest absolute Gasteiger partial charge is 0.370 e. The van der Waals surface area contributed by atoms with Gasteiger partial charge in [-0.1, -0.05) is 11.6 Å². The zero-order valence-corrected chi connectivity index (χ0v) is 11.9. The van der Waals surface area contributed by atoms with Gasteiger partial charge in [0, 0.05) is 18.7 Å². The van der Waals surface area contributed by atoms with Gasteiger partial charge in [0.15, 0.2) is 6.10 Å². The quantitative estimate of drug-likeness (QED) is 0.855. The highest BCUT2D eigenvalue weighted by molar-refractivity contribution is 6.29. The molecule has 1 aliphatic heterocycles. The Labute approximate surface area is 122 Å². The van der Waals surface area contributed by atoms with E-state index in [2.05, 4.69) is 10.3 Å². The number of pyridine rings is 1. The summed E-state index contributed by atoms with van der Waals surface area (Å²) in [6, 6.07) is 5.21. The molecule has 0 aliphatic carbocycles. The highest BCUT2D eigenvalue weighted by Crippen LogP contribution is 2.17. The lowest BCUT2D eigenvalue weighted by atomic mass is 10.2. The highest BCUT2D eigenvalue weighted by Gasteiger charge is 2.25. The predicted octanol–water partition coefficient (Wildman–Crippen LogP) is 1.53. The minimum atomic E-state index is -0.571. The van der Waals surface area contributed by atoms with Crippen LogP contribution in [0.4, 0.5) is 5.82 Å². The van der Waals surface area contributed by atoms with Crippen molar-refractivity contribution in [2.75, 3.05) is 31.6 Å². The molecule has 2 heterocycles. The van der Waals surface area contributed by atoms with Gasteiger partial charge >= 0.3 is 0 Å². The van der Waals surface area contributed by atoms with Gasteiger partial charge in [0.1, 0.15) is 11.0 Å². The van der Waals surface area contributed by atoms with Crippen molar-refractivity contribution in [3.8, 4) is 6.07 Å². The smallest absolute Gasteiger partial charge is 0.254 e. The molecule has 106 valence electrons. The molecule has 2 rings (SSSR count). The average molecular weight is 295 g/mol. The maximum absolute atomic E-state index is 12.4. The Bertz CT molecular complexity index is 544. The summed E-state index contributed by atoms with van der Waals surface area (Å²) in [5, 5.41) is 12.1. The van der Waals surface area contributed by atoms with Gasteiger partial charge in [0.2, 0.25) is 0 Å². The van der Waals surface area contributed by atoms with Gasteiger partial charge in [-0.3, -0.25) is 4.79 Å². The Morgan fingerprint density at radius 3 is 3.20 bits per heavy atom. The van der Waals surface area contributed by atoms with E-state index in [4.69, 9.17) is 21.6 Å². The van der Waals surface area contributed by atoms with Gasteiger partial charge in [-0.25, -0.2) is 4.98 Å². The summed E-state index contributed by atoms with van der Waals surface area (Å²) in [4.78, 5) is 18.1. The number of amides is 1. The number of nitrogens with zero attached hydrogens (tertiary/aromatic N) is 3. The number of ether oxygens (including phenoxy) is 1. The highest BCUT2D eigenvalue weighted by atomic mass is 35.5. The van der Waals surface area contributed by atoms with Gasteiger partial charge in [-0.05, 0) is 19.1 Å². The van der Waals surface area contributed by atoms with E-state index in [1.54, 1.807) is 11.0 Å². The first kappa shape index (κ1) is 14.6. The molecule has 1 aliphatic rings. The zero-order valence-electron chi connectivity index (χ0n) is 11.1. The number of morpholine rings is 1. The van der Waals surface area contributed by atoms with Gasteiger partial charge in [0.05, 0.1) is 19.2 Å². The molecule has 1 saturated heterocycles. The number of nitrogens with one attached hydrogen (secondary N) is 1. The summed E-state index contributed by atoms with van der Waals surface area (Å²) < 4.78 is 5.22. The summed E-state index contributed by atoms with van der Waals surface area (Å²) >= 11 is 5.93. The lowest BCUT2D eigenvalue weighted by molar-refractivity contribution is 0.00347. The summed E-state index contributed by atoms with van der Waals surface area (Å²) in [6.45, 7) is 3.72. The van der Waals surface area contributed by atoms with Crippen LogP contribution in [0.1, 0.15) is 17.3 Å². The average Bonchev–Trinajstić information content (AvgIpc) is 2.46. The predicted molar refractivity (Wildman–Crippen MR) is 74.7 cm³/mol. The molecule has 0 aromatic carbocycles. The molecule has 1 fully saturated rings. The molecule has 0 spiro atoms. The number of hydrogen-bond donors (Lipinski definition) is 1. The van der Waals surface area contributed by atoms with E-state index in [0.29, 0.717) is 31.1 Å². The molecule has 0 radical (unpaired) electrons. The number of carbonyl (C=O) groups excluding carboxylic acids is 1. The third kappa shape index (κ3) is 3.38. The standard InChI is InChI=1S/C13H15ClN4O2/c1-2-16-12-6-9(5-11(14)17-12)13(19)18-3-4-20-10(7-15)8-18/h5-6,10H,2-4,8H2,1H3,(H,16,17). The minimum Gasteiger partial charge on any atom is -0.370 e. The van der Waals surface area contributed by atoms with Gasteiger partial charge in [-0.15, -0.1) is 0 Å². The van der Waals surface area contributed by atoms with Crippen molar-refractivity contribution >= 4 is 23.3 Å². The Morgan fingerprint density at radius 2 is 2.50 bits per heavy atom. The molecule has 6 nitrogen and oxygen atoms in total. The maximum atomic E-state index is 12.4. The first-order chi connectivity index (χ1) is 9.63. The summed E-state index contributed by atoms with van der Waals surface area (Å²) in [7, 11) is 0. The zero-order chi connectivity index (χ0) is 14.5. The Balaban J connectivity index is 2.18. The van der Waals surface area contributed by atoms with Gasteiger partial charge in [-0.2, -0.15) is 5.26 Å². The fourth-order valence-corrected chi connectivity index (χ4v) is 2.20. The van der Waals surface area contributed by atoms with E-state index in [1.165, 1.54) is 6.07 Å². The van der Waals surface area contributed by atoms with E-state index >= 15 is 0 Å². The van der Waals surface area contributed by atoms with Crippen molar-refractivity contribution in [2.24, 2.45) is 0 Å². The fourth-order valence-electron chi connectivity index (χ4n) is 1.99. The van der Waals surface area contributed by atoms with Crippen LogP contribution in [-0.4, -0.2) is 48.1 Å². The topological polar surface area (TPSA) is 78.3 Å². The number of aromatic nitrogens is 1. The van der Waals surface area contributed by atoms with Crippen molar-refractivity contribution < 1.29 is 9.53 Å². The van der Waals surface area contributed by atoms with E-state index in [1.807, 2.05) is 13.0 Å². The molecule has 1 aromatic heterocycles. The van der Waals surface area contributed by atoms with E-state index in [0.717, 1.165) is 0 Å². The molecule has 0 saturated carbocycles. The Hall–Kier alpha value is -1.84. The summed E-state index contributed by atoms with van der Waals surface area (Å²) in [5.74, 6) is 0.394. The third-order valence-corrected chi connectivity index (χ3v) is 3.09. The van der Waals surface area contributed by atoms with Gasteiger partial charge < -0.3 is 15.0 Å². The van der Waals surface area contributed by atoms with Crippen LogP contribution in [0.15, 0.2) is 12.1 Å². The molecule has 1 aromatic rings. The van der Waals surface area contributed by atoms with Crippen LogP contribution in [0.2, 0.25) is 5.15 Å². The van der Waals surface area contributed by atoms with Gasteiger partial charge in [0.25, 0.3) is 5.91 Å². The number of carbonyl (C=O) groups is 1. The molecular formula is C13H15ClN4O2. The third-order valence-electron chi connectivity index (χ3n) is 2.90. The minimum absolute atomic E-state index is 0.169. The number of rotatable bonds is 3. The lowest BCUT2D eigenvalue weighted by Gasteiger charge is -2.29. The fraction of sp³-hybridized carbons (Fsp3) is 0.462. The molecule has 20 heavy (non-hydrogen) atoms. The first-order valence-corrected chi connectivity index (χ1v) is 6.73. The van der Waals surface area contributed by atoms with Crippen molar-refractivity contribution in [1.29, 1.82) is 5.26 Å². The number of halogens is 1. The van der Waals surface area contributed by atoms with Crippen LogP contribution in [-0.2, 0) is 4.74 Å². The number of anilines is 1. The van der Waals surface area contributed by atoms with Crippen LogP contribution < -0.4 is 5.32 Å². The van der Waals surface area contributed by atoms with E-state index in [9.17, 15) is 4.79 Å². The molecule has 0 bridgehead atoms. The molecule has 1 atom stereocenters. The summed E-state index contributed by atoms with van der Waals surface area (Å²) in [5.41, 5.74) is 0.458. The van der Waals surface area contributed by atoms with Crippen LogP contribution in [0, 0.1) is 11.3 Å². The molecule has 1 unspecified atom stereocenters. The second-order valence-electron chi connectivity index (χ2n) is 4.33. The van der Waals surface area contributed by atoms with Crippen LogP contribution in [0.3, 0.4) is 0 Å². The lowest BCUT2D eigenvalue weighted by Crippen LogP contribution is -2.45. The van der Waals surface area contributed by atoms with Crippen LogP contribution >= 0.6 is 11.6 Å². The number of nitriles is 1. The molecule has 7 heteroatoms. The number of hydrogen-bond acceptors (Lipinski definition) is 5. The first-order valence-electron chi connectivity index (χ1n) is 6.36. The van der Waals surface area contributed by atoms with Crippen molar-refractivity contribution in [3.05, 3.63) is 22.8 Å². The van der Waals surface area contributed by atoms with E-state index in [-0.39, 0.29) is 17.6 Å². The maximum Gasteiger partial charge on any atom is 0.254 e. The monoisotopic (exact) mass is 294 g/mol. The van der Waals surface area contributed by atoms with Crippen molar-refractivity contribution in [2.45, 2.75) is 13.0 Å². The molecule has 1 amide bonds.